The summed E-state index contributed by atoms with van der Waals surface area (Å²) in [6.07, 6.45) is 14.1. The fourth-order valence-electron chi connectivity index (χ4n) is 8.56. The standard InChI is InChI=1S/C34H57N5O5/c1-24(41)31-30(22-40)44-39(32(31)34(43)36-18-9-19-38-23-37-28-15-5-6-16-29(28)38)21-26-11-7-10-25(20-26)12-8-17-35-33(42)27-13-3-2-4-14-27/h24-32,37,40-41H,2-7,9-11,13-23H2,1H3,(H,35,42)(H,36,43)/t24-,25?,26?,28?,29?,30-,31+,32?/m1/s1. The van der Waals surface area contributed by atoms with Gasteiger partial charge in [0.15, 0.2) is 0 Å². The van der Waals surface area contributed by atoms with Crippen LogP contribution in [-0.2, 0) is 14.4 Å². The quantitative estimate of drug-likeness (QED) is 0.177. The number of hydrogen-bond acceptors (Lipinski definition) is 8. The molecule has 10 heteroatoms. The second-order valence-electron chi connectivity index (χ2n) is 14.1. The van der Waals surface area contributed by atoms with Gasteiger partial charge in [-0.15, -0.1) is 0 Å². The van der Waals surface area contributed by atoms with Gasteiger partial charge in [0.2, 0.25) is 11.8 Å². The van der Waals surface area contributed by atoms with E-state index < -0.39 is 24.2 Å². The van der Waals surface area contributed by atoms with Crippen LogP contribution in [0.15, 0.2) is 0 Å². The number of carbonyl (C=O) groups excluding carboxylic acids is 2. The average molecular weight is 616 g/mol. The molecule has 0 spiro atoms. The minimum Gasteiger partial charge on any atom is -0.394 e. The number of rotatable bonds is 11. The first-order valence-corrected chi connectivity index (χ1v) is 17.7. The molecule has 44 heavy (non-hydrogen) atoms. The van der Waals surface area contributed by atoms with Crippen molar-refractivity contribution in [3.8, 4) is 11.8 Å². The van der Waals surface area contributed by atoms with E-state index in [1.165, 1.54) is 32.1 Å². The number of aliphatic hydroxyl groups is 2. The van der Waals surface area contributed by atoms with Crippen LogP contribution in [0.4, 0.5) is 0 Å². The van der Waals surface area contributed by atoms with Gasteiger partial charge in [-0.1, -0.05) is 50.4 Å². The lowest BCUT2D eigenvalue weighted by Crippen LogP contribution is -2.50. The van der Waals surface area contributed by atoms with Gasteiger partial charge in [0.1, 0.15) is 12.1 Å². The normalized spacial score (nSPS) is 34.1. The molecule has 0 aromatic carbocycles. The molecule has 2 amide bonds. The summed E-state index contributed by atoms with van der Waals surface area (Å²) >= 11 is 0. The maximum absolute atomic E-state index is 13.6. The predicted molar refractivity (Wildman–Crippen MR) is 169 cm³/mol. The number of aliphatic hydroxyl groups excluding tert-OH is 2. The average Bonchev–Trinajstić information content (AvgIpc) is 3.63. The Labute approximate surface area is 264 Å². The van der Waals surface area contributed by atoms with Crippen molar-refractivity contribution in [2.24, 2.45) is 23.7 Å². The molecule has 0 aromatic heterocycles. The lowest BCUT2D eigenvalue weighted by Gasteiger charge is -2.32. The molecule has 3 aliphatic carbocycles. The number of carbonyl (C=O) groups is 2. The van der Waals surface area contributed by atoms with E-state index in [1.54, 1.807) is 12.0 Å². The zero-order valence-electron chi connectivity index (χ0n) is 26.9. The van der Waals surface area contributed by atoms with Crippen molar-refractivity contribution in [3.63, 3.8) is 0 Å². The Balaban J connectivity index is 1.10. The molecule has 2 aliphatic heterocycles. The molecule has 2 saturated heterocycles. The van der Waals surface area contributed by atoms with Crippen molar-refractivity contribution >= 4 is 11.8 Å². The van der Waals surface area contributed by atoms with Crippen LogP contribution in [0.25, 0.3) is 0 Å². The molecule has 3 saturated carbocycles. The molecule has 0 aromatic rings. The van der Waals surface area contributed by atoms with Crippen molar-refractivity contribution in [2.45, 2.75) is 127 Å². The Bertz CT molecular complexity index is 994. The smallest absolute Gasteiger partial charge is 0.240 e. The molecular weight excluding hydrogens is 558 g/mol. The maximum atomic E-state index is 13.6. The van der Waals surface area contributed by atoms with Crippen LogP contribution < -0.4 is 16.0 Å². The van der Waals surface area contributed by atoms with E-state index in [1.807, 2.05) is 0 Å². The summed E-state index contributed by atoms with van der Waals surface area (Å²) in [4.78, 5) is 34.7. The molecule has 10 nitrogen and oxygen atoms in total. The van der Waals surface area contributed by atoms with Crippen LogP contribution in [0.1, 0.15) is 96.8 Å². The number of nitrogens with one attached hydrogen (secondary N) is 3. The molecule has 5 N–H and O–H groups in total. The van der Waals surface area contributed by atoms with Gasteiger partial charge in [0.05, 0.1) is 19.3 Å². The molecule has 0 radical (unpaired) electrons. The summed E-state index contributed by atoms with van der Waals surface area (Å²) in [7, 11) is 0. The largest absolute Gasteiger partial charge is 0.394 e. The van der Waals surface area contributed by atoms with Crippen molar-refractivity contribution in [1.82, 2.24) is 25.9 Å². The minimum absolute atomic E-state index is 0.136. The van der Waals surface area contributed by atoms with Crippen LogP contribution in [-0.4, -0.2) is 102 Å². The molecule has 5 rings (SSSR count). The first kappa shape index (κ1) is 33.6. The van der Waals surface area contributed by atoms with Crippen LogP contribution in [0.3, 0.4) is 0 Å². The Morgan fingerprint density at radius 3 is 2.59 bits per heavy atom. The Hall–Kier alpha value is -1.74. The molecule has 8 atom stereocenters. The summed E-state index contributed by atoms with van der Waals surface area (Å²) in [6, 6.07) is 0.583. The van der Waals surface area contributed by atoms with Crippen LogP contribution >= 0.6 is 0 Å². The highest BCUT2D eigenvalue weighted by Crippen LogP contribution is 2.35. The first-order valence-electron chi connectivity index (χ1n) is 17.7. The van der Waals surface area contributed by atoms with Crippen molar-refractivity contribution in [3.05, 3.63) is 0 Å². The van der Waals surface area contributed by atoms with Gasteiger partial charge >= 0.3 is 0 Å². The number of hydrogen-bond donors (Lipinski definition) is 5. The Morgan fingerprint density at radius 1 is 1.00 bits per heavy atom. The number of hydroxylamine groups is 2. The molecule has 5 fully saturated rings. The van der Waals surface area contributed by atoms with E-state index in [9.17, 15) is 19.8 Å². The number of fused-ring (bicyclic) bond motifs is 1. The zero-order chi connectivity index (χ0) is 30.9. The minimum atomic E-state index is -0.791. The Kier molecular flexibility index (Phi) is 12.8. The molecular formula is C34H57N5O5. The third-order valence-electron chi connectivity index (χ3n) is 10.9. The maximum Gasteiger partial charge on any atom is 0.240 e. The van der Waals surface area contributed by atoms with Gasteiger partial charge in [-0.3, -0.25) is 24.6 Å². The van der Waals surface area contributed by atoms with Gasteiger partial charge in [-0.2, -0.15) is 5.06 Å². The third kappa shape index (κ3) is 8.74. The van der Waals surface area contributed by atoms with Crippen LogP contribution in [0.5, 0.6) is 0 Å². The van der Waals surface area contributed by atoms with E-state index in [0.717, 1.165) is 71.0 Å². The molecule has 2 heterocycles. The van der Waals surface area contributed by atoms with E-state index in [4.69, 9.17) is 4.84 Å². The van der Waals surface area contributed by atoms with Gasteiger partial charge in [0.25, 0.3) is 0 Å². The van der Waals surface area contributed by atoms with E-state index in [2.05, 4.69) is 32.7 Å². The highest BCUT2D eigenvalue weighted by Gasteiger charge is 2.49. The predicted octanol–water partition coefficient (Wildman–Crippen LogP) is 2.15. The van der Waals surface area contributed by atoms with Crippen LogP contribution in [0, 0.1) is 35.5 Å². The van der Waals surface area contributed by atoms with Gasteiger partial charge in [-0.25, -0.2) is 0 Å². The first-order chi connectivity index (χ1) is 21.4. The second-order valence-corrected chi connectivity index (χ2v) is 14.1. The number of nitrogens with zero attached hydrogens (tertiary/aromatic N) is 2. The summed E-state index contributed by atoms with van der Waals surface area (Å²) in [5.74, 6) is 6.81. The SMILES string of the molecule is C[C@@H](O)[C@@H]1C(C(=O)NCCCN2CNC3CCCCC32)N(CC2CCCC(C#CCNC(=O)C3CCCCC3)C2)O[C@@H]1CO. The van der Waals surface area contributed by atoms with Crippen LogP contribution in [0.2, 0.25) is 0 Å². The van der Waals surface area contributed by atoms with Gasteiger partial charge < -0.3 is 20.8 Å². The van der Waals surface area contributed by atoms with E-state index in [0.29, 0.717) is 37.6 Å². The van der Waals surface area contributed by atoms with Gasteiger partial charge in [-0.05, 0) is 64.2 Å². The number of amides is 2. The zero-order valence-corrected chi connectivity index (χ0v) is 26.9. The molecule has 5 unspecified atom stereocenters. The highest BCUT2D eigenvalue weighted by molar-refractivity contribution is 5.82. The van der Waals surface area contributed by atoms with E-state index >= 15 is 0 Å². The van der Waals surface area contributed by atoms with E-state index in [-0.39, 0.29) is 30.3 Å². The lowest BCUT2D eigenvalue weighted by molar-refractivity contribution is -0.183. The summed E-state index contributed by atoms with van der Waals surface area (Å²) in [5.41, 5.74) is 0. The van der Waals surface area contributed by atoms with Gasteiger partial charge in [0, 0.05) is 56.1 Å². The topological polar surface area (TPSA) is 126 Å². The summed E-state index contributed by atoms with van der Waals surface area (Å²) < 4.78 is 0. The van der Waals surface area contributed by atoms with Crippen molar-refractivity contribution in [2.75, 3.05) is 39.5 Å². The molecule has 0 bridgehead atoms. The fraction of sp³-hybridized carbons (Fsp3) is 0.882. The monoisotopic (exact) mass is 615 g/mol. The molecule has 5 aliphatic rings. The highest BCUT2D eigenvalue weighted by atomic mass is 16.7. The second kappa shape index (κ2) is 16.7. The molecule has 248 valence electrons. The third-order valence-corrected chi connectivity index (χ3v) is 10.9. The van der Waals surface area contributed by atoms with Crippen molar-refractivity contribution < 1.29 is 24.6 Å². The van der Waals surface area contributed by atoms with Crippen molar-refractivity contribution in [1.29, 1.82) is 0 Å². The fourth-order valence-corrected chi connectivity index (χ4v) is 8.56. The Morgan fingerprint density at radius 2 is 1.80 bits per heavy atom. The lowest BCUT2D eigenvalue weighted by atomic mass is 9.81. The summed E-state index contributed by atoms with van der Waals surface area (Å²) in [6.45, 7) is 4.86. The summed E-state index contributed by atoms with van der Waals surface area (Å²) in [5, 5.41) is 32.3.